The molecule has 3 aromatic carbocycles. The van der Waals surface area contributed by atoms with Gasteiger partial charge in [-0.3, -0.25) is 0 Å². The molecule has 0 spiro atoms. The zero-order valence-electron chi connectivity index (χ0n) is 19.3. The summed E-state index contributed by atoms with van der Waals surface area (Å²) in [5.41, 5.74) is 2.89. The zero-order chi connectivity index (χ0) is 23.8. The molecule has 0 aliphatic heterocycles. The topological polar surface area (TPSA) is 69.4 Å². The number of ether oxygens (including phenoxy) is 2. The molecule has 34 heavy (non-hydrogen) atoms. The maximum absolute atomic E-state index is 6.53. The molecule has 0 radical (unpaired) electrons. The maximum atomic E-state index is 6.53. The molecule has 0 saturated carbocycles. The quantitative estimate of drug-likeness (QED) is 0.281. The highest BCUT2D eigenvalue weighted by atomic mass is 35.5. The molecule has 4 aromatic rings. The first kappa shape index (κ1) is 23.8. The zero-order valence-corrected chi connectivity index (χ0v) is 20.1. The van der Waals surface area contributed by atoms with E-state index in [0.29, 0.717) is 36.6 Å². The smallest absolute Gasteiger partial charge is 0.247 e. The van der Waals surface area contributed by atoms with Gasteiger partial charge in [0.2, 0.25) is 11.8 Å². The molecule has 0 fully saturated rings. The molecule has 0 amide bonds. The van der Waals surface area contributed by atoms with Crippen molar-refractivity contribution in [1.29, 1.82) is 0 Å². The van der Waals surface area contributed by atoms with E-state index in [1.807, 2.05) is 80.6 Å². The van der Waals surface area contributed by atoms with E-state index in [0.717, 1.165) is 34.6 Å². The summed E-state index contributed by atoms with van der Waals surface area (Å²) in [5.74, 6) is 2.46. The van der Waals surface area contributed by atoms with Gasteiger partial charge in [0.05, 0.1) is 13.2 Å². The summed E-state index contributed by atoms with van der Waals surface area (Å²) in [6.07, 6.45) is 0.771. The molecule has 0 aliphatic carbocycles. The summed E-state index contributed by atoms with van der Waals surface area (Å²) in [6.45, 7) is 5.76. The van der Waals surface area contributed by atoms with Gasteiger partial charge in [-0.15, -0.1) is 10.2 Å². The summed E-state index contributed by atoms with van der Waals surface area (Å²) in [4.78, 5) is 0. The van der Waals surface area contributed by atoms with E-state index >= 15 is 0 Å². The Morgan fingerprint density at radius 2 is 1.62 bits per heavy atom. The Bertz CT molecular complexity index is 1200. The van der Waals surface area contributed by atoms with Crippen LogP contribution >= 0.6 is 11.6 Å². The van der Waals surface area contributed by atoms with Crippen molar-refractivity contribution in [3.8, 4) is 23.0 Å². The van der Waals surface area contributed by atoms with E-state index < -0.39 is 0 Å². The molecular weight excluding hydrogens is 450 g/mol. The summed E-state index contributed by atoms with van der Waals surface area (Å²) >= 11 is 6.53. The molecule has 4 rings (SSSR count). The normalized spacial score (nSPS) is 11.9. The summed E-state index contributed by atoms with van der Waals surface area (Å²) in [7, 11) is 0. The third kappa shape index (κ3) is 5.76. The van der Waals surface area contributed by atoms with E-state index in [2.05, 4.69) is 21.6 Å². The van der Waals surface area contributed by atoms with E-state index in [-0.39, 0.29) is 6.04 Å². The van der Waals surface area contributed by atoms with Crippen LogP contribution in [0.3, 0.4) is 0 Å². The third-order valence-corrected chi connectivity index (χ3v) is 5.64. The van der Waals surface area contributed by atoms with Crippen LogP contribution in [0, 0.1) is 0 Å². The van der Waals surface area contributed by atoms with Crippen LogP contribution in [-0.4, -0.2) is 30.0 Å². The average molecular weight is 478 g/mol. The number of rotatable bonds is 11. The second-order valence-electron chi connectivity index (χ2n) is 7.62. The minimum absolute atomic E-state index is 0.340. The van der Waals surface area contributed by atoms with Crippen molar-refractivity contribution in [2.45, 2.75) is 26.3 Å². The minimum Gasteiger partial charge on any atom is -0.490 e. The number of nitrogens with one attached hydrogen (secondary N) is 1. The Hall–Kier alpha value is -3.35. The Kier molecular flexibility index (Phi) is 8.17. The van der Waals surface area contributed by atoms with Crippen LogP contribution in [0.15, 0.2) is 77.2 Å². The third-order valence-electron chi connectivity index (χ3n) is 5.29. The standard InChI is InChI=1S/C27H28ClN3O3/c1-3-32-23-15-14-19(18-24(23)33-4-2)16-17-29-25(21-12-8-9-13-22(21)28)27-31-30-26(34-27)20-10-6-5-7-11-20/h5-15,18,25,29H,3-4,16-17H2,1-2H3/t25-/m1/s1. The first-order valence-corrected chi connectivity index (χ1v) is 11.8. The van der Waals surface area contributed by atoms with Gasteiger partial charge in [0, 0.05) is 17.1 Å². The SMILES string of the molecule is CCOc1ccc(CCN[C@@H](c2nnc(-c3ccccc3)o2)c2ccccc2Cl)cc1OCC. The van der Waals surface area contributed by atoms with Crippen molar-refractivity contribution in [1.82, 2.24) is 15.5 Å². The molecule has 0 aliphatic rings. The highest BCUT2D eigenvalue weighted by molar-refractivity contribution is 6.31. The van der Waals surface area contributed by atoms with Gasteiger partial charge in [-0.1, -0.05) is 54.1 Å². The fraction of sp³-hybridized carbons (Fsp3) is 0.259. The monoisotopic (exact) mass is 477 g/mol. The molecule has 0 bridgehead atoms. The lowest BCUT2D eigenvalue weighted by molar-refractivity contribution is 0.287. The van der Waals surface area contributed by atoms with Crippen LogP contribution in [0.1, 0.15) is 36.9 Å². The predicted octanol–water partition coefficient (Wildman–Crippen LogP) is 6.11. The summed E-state index contributed by atoms with van der Waals surface area (Å²) in [6, 6.07) is 23.1. The van der Waals surface area contributed by atoms with Gasteiger partial charge in [-0.25, -0.2) is 0 Å². The fourth-order valence-corrected chi connectivity index (χ4v) is 3.94. The van der Waals surface area contributed by atoms with Crippen LogP contribution in [-0.2, 0) is 6.42 Å². The van der Waals surface area contributed by atoms with Crippen molar-refractivity contribution < 1.29 is 13.9 Å². The van der Waals surface area contributed by atoms with Crippen molar-refractivity contribution in [3.05, 3.63) is 94.8 Å². The largest absolute Gasteiger partial charge is 0.490 e. The van der Waals surface area contributed by atoms with Crippen LogP contribution < -0.4 is 14.8 Å². The number of nitrogens with zero attached hydrogens (tertiary/aromatic N) is 2. The highest BCUT2D eigenvalue weighted by Crippen LogP contribution is 2.31. The van der Waals surface area contributed by atoms with E-state index in [4.69, 9.17) is 25.5 Å². The van der Waals surface area contributed by atoms with Gasteiger partial charge in [0.1, 0.15) is 6.04 Å². The van der Waals surface area contributed by atoms with Crippen LogP contribution in [0.2, 0.25) is 5.02 Å². The lowest BCUT2D eigenvalue weighted by Crippen LogP contribution is -2.25. The molecule has 1 heterocycles. The van der Waals surface area contributed by atoms with Gasteiger partial charge in [-0.2, -0.15) is 0 Å². The van der Waals surface area contributed by atoms with Crippen molar-refractivity contribution in [2.24, 2.45) is 0 Å². The van der Waals surface area contributed by atoms with Gasteiger partial charge in [0.15, 0.2) is 11.5 Å². The van der Waals surface area contributed by atoms with E-state index in [1.165, 1.54) is 0 Å². The van der Waals surface area contributed by atoms with Crippen LogP contribution in [0.4, 0.5) is 0 Å². The molecule has 1 atom stereocenters. The Labute approximate surface area is 204 Å². The molecule has 1 N–H and O–H groups in total. The minimum atomic E-state index is -0.340. The lowest BCUT2D eigenvalue weighted by Gasteiger charge is -2.17. The predicted molar refractivity (Wildman–Crippen MR) is 134 cm³/mol. The second-order valence-corrected chi connectivity index (χ2v) is 8.02. The molecule has 0 unspecified atom stereocenters. The fourth-order valence-electron chi connectivity index (χ4n) is 3.70. The number of hydrogen-bond donors (Lipinski definition) is 1. The maximum Gasteiger partial charge on any atom is 0.247 e. The van der Waals surface area contributed by atoms with Gasteiger partial charge >= 0.3 is 0 Å². The molecule has 1 aromatic heterocycles. The highest BCUT2D eigenvalue weighted by Gasteiger charge is 2.23. The molecule has 6 nitrogen and oxygen atoms in total. The molecule has 0 saturated heterocycles. The Morgan fingerprint density at radius 1 is 0.882 bits per heavy atom. The first-order valence-electron chi connectivity index (χ1n) is 11.4. The second kappa shape index (κ2) is 11.7. The van der Waals surface area contributed by atoms with Crippen molar-refractivity contribution in [3.63, 3.8) is 0 Å². The van der Waals surface area contributed by atoms with Gasteiger partial charge in [0.25, 0.3) is 0 Å². The number of hydrogen-bond acceptors (Lipinski definition) is 6. The average Bonchev–Trinajstić information content (AvgIpc) is 3.35. The van der Waals surface area contributed by atoms with E-state index in [1.54, 1.807) is 0 Å². The lowest BCUT2D eigenvalue weighted by atomic mass is 10.1. The number of aromatic nitrogens is 2. The number of halogens is 1. The van der Waals surface area contributed by atoms with Crippen LogP contribution in [0.25, 0.3) is 11.5 Å². The number of benzene rings is 3. The summed E-state index contributed by atoms with van der Waals surface area (Å²) < 4.78 is 17.5. The van der Waals surface area contributed by atoms with Crippen molar-refractivity contribution >= 4 is 11.6 Å². The Morgan fingerprint density at radius 3 is 2.38 bits per heavy atom. The first-order chi connectivity index (χ1) is 16.7. The summed E-state index contributed by atoms with van der Waals surface area (Å²) in [5, 5.41) is 12.8. The van der Waals surface area contributed by atoms with Crippen LogP contribution in [0.5, 0.6) is 11.5 Å². The molecular formula is C27H28ClN3O3. The van der Waals surface area contributed by atoms with Gasteiger partial charge in [-0.05, 0) is 61.7 Å². The molecule has 176 valence electrons. The van der Waals surface area contributed by atoms with Gasteiger partial charge < -0.3 is 19.2 Å². The van der Waals surface area contributed by atoms with Crippen molar-refractivity contribution in [2.75, 3.05) is 19.8 Å². The molecule has 7 heteroatoms. The van der Waals surface area contributed by atoms with E-state index in [9.17, 15) is 0 Å². The Balaban J connectivity index is 1.53.